The van der Waals surface area contributed by atoms with E-state index >= 15 is 0 Å². The lowest BCUT2D eigenvalue weighted by molar-refractivity contribution is -0.136. The Morgan fingerprint density at radius 3 is 2.17 bits per heavy atom. The molecule has 0 saturated carbocycles. The number of H-pyrrole nitrogens is 2. The van der Waals surface area contributed by atoms with Crippen molar-refractivity contribution >= 4 is 23.8 Å². The second-order valence-corrected chi connectivity index (χ2v) is 12.5. The molecule has 1 amide bonds. The Balaban J connectivity index is 1.31. The summed E-state index contributed by atoms with van der Waals surface area (Å²) in [5.74, 6) is -0.364. The number of halogens is 1. The zero-order valence-electron chi connectivity index (χ0n) is 27.3. The van der Waals surface area contributed by atoms with Crippen molar-refractivity contribution in [2.45, 2.75) is 46.6 Å². The molecule has 1 saturated heterocycles. The van der Waals surface area contributed by atoms with Gasteiger partial charge in [-0.3, -0.25) is 24.1 Å². The Hall–Kier alpha value is -4.90. The lowest BCUT2D eigenvalue weighted by Crippen LogP contribution is -2.50. The highest BCUT2D eigenvalue weighted by atomic mass is 19.1. The van der Waals surface area contributed by atoms with Gasteiger partial charge in [-0.2, -0.15) is 0 Å². The average molecular weight is 641 g/mol. The number of nitrogens with zero attached hydrogens (tertiary/aromatic N) is 4. The highest BCUT2D eigenvalue weighted by molar-refractivity contribution is 6.09. The molecule has 0 spiro atoms. The summed E-state index contributed by atoms with van der Waals surface area (Å²) in [6.07, 6.45) is 5.78. The predicted octanol–water partition coefficient (Wildman–Crippen LogP) is 2.60. The lowest BCUT2D eigenvalue weighted by atomic mass is 10.0. The molecule has 11 heteroatoms. The van der Waals surface area contributed by atoms with Gasteiger partial charge in [-0.15, -0.1) is 0 Å². The van der Waals surface area contributed by atoms with E-state index in [9.17, 15) is 23.6 Å². The molecular formula is C36H41FN6O4. The number of aromatic amines is 2. The van der Waals surface area contributed by atoms with Crippen molar-refractivity contribution in [2.75, 3.05) is 32.7 Å². The number of nitrogens with one attached hydrogen (secondary N) is 2. The van der Waals surface area contributed by atoms with Gasteiger partial charge in [0.1, 0.15) is 16.5 Å². The molecule has 1 fully saturated rings. The van der Waals surface area contributed by atoms with Crippen molar-refractivity contribution in [2.24, 2.45) is 5.92 Å². The van der Waals surface area contributed by atoms with Gasteiger partial charge in [-0.05, 0) is 66.9 Å². The van der Waals surface area contributed by atoms with Crippen LogP contribution in [0.1, 0.15) is 72.9 Å². The molecule has 1 aliphatic rings. The molecule has 2 aromatic heterocycles. The first-order chi connectivity index (χ1) is 22.5. The molecule has 246 valence electrons. The number of benzene rings is 2. The Labute approximate surface area is 272 Å². The molecule has 0 bridgehead atoms. The largest absolute Gasteiger partial charge is 0.340 e. The van der Waals surface area contributed by atoms with E-state index < -0.39 is 16.9 Å². The third-order valence-corrected chi connectivity index (χ3v) is 8.34. The van der Waals surface area contributed by atoms with E-state index in [1.807, 2.05) is 18.7 Å². The van der Waals surface area contributed by atoms with E-state index in [1.54, 1.807) is 36.7 Å². The number of ketones is 1. The van der Waals surface area contributed by atoms with E-state index in [2.05, 4.69) is 38.3 Å². The zero-order chi connectivity index (χ0) is 33.7. The van der Waals surface area contributed by atoms with Crippen LogP contribution in [0.3, 0.4) is 0 Å². The molecule has 5 rings (SSSR count). The fourth-order valence-electron chi connectivity index (χ4n) is 5.88. The summed E-state index contributed by atoms with van der Waals surface area (Å²) < 4.78 is 15.4. The minimum atomic E-state index is -0.494. The van der Waals surface area contributed by atoms with Crippen LogP contribution in [0.25, 0.3) is 12.2 Å². The summed E-state index contributed by atoms with van der Waals surface area (Å²) in [6.45, 7) is 12.9. The van der Waals surface area contributed by atoms with E-state index in [1.165, 1.54) is 30.3 Å². The van der Waals surface area contributed by atoms with Gasteiger partial charge >= 0.3 is 0 Å². The first kappa shape index (κ1) is 33.5. The molecule has 3 heterocycles. The number of carbonyl (C=O) groups is 2. The third kappa shape index (κ3) is 8.10. The monoisotopic (exact) mass is 640 g/mol. The first-order valence-electron chi connectivity index (χ1n) is 16.0. The van der Waals surface area contributed by atoms with Crippen molar-refractivity contribution < 1.29 is 14.0 Å². The molecule has 47 heavy (non-hydrogen) atoms. The molecule has 2 N–H and O–H groups in total. The molecule has 4 aromatic rings. The van der Waals surface area contributed by atoms with Gasteiger partial charge in [-0.1, -0.05) is 45.9 Å². The van der Waals surface area contributed by atoms with Gasteiger partial charge in [0.05, 0.1) is 12.0 Å². The fourth-order valence-corrected chi connectivity index (χ4v) is 5.88. The average Bonchev–Trinajstić information content (AvgIpc) is 3.46. The van der Waals surface area contributed by atoms with Gasteiger partial charge in [0.25, 0.3) is 11.1 Å². The fraction of sp³-hybridized carbons (Fsp3) is 0.361. The zero-order valence-corrected chi connectivity index (χ0v) is 27.3. The number of piperazine rings is 1. The maximum Gasteiger partial charge on any atom is 0.272 e. The Kier molecular flexibility index (Phi) is 10.5. The van der Waals surface area contributed by atoms with E-state index in [0.29, 0.717) is 22.4 Å². The second-order valence-electron chi connectivity index (χ2n) is 12.5. The van der Waals surface area contributed by atoms with Crippen LogP contribution >= 0.6 is 0 Å². The summed E-state index contributed by atoms with van der Waals surface area (Å²) in [5.41, 5.74) is 1.86. The number of aryl methyl sites for hydroxylation is 1. The van der Waals surface area contributed by atoms with Crippen molar-refractivity contribution in [3.63, 3.8) is 0 Å². The number of carbonyl (C=O) groups excluding carboxylic acids is 2. The van der Waals surface area contributed by atoms with Crippen LogP contribution in [0.4, 0.5) is 4.39 Å². The maximum absolute atomic E-state index is 13.3. The summed E-state index contributed by atoms with van der Waals surface area (Å²) in [7, 11) is 0. The smallest absolute Gasteiger partial charge is 0.272 e. The van der Waals surface area contributed by atoms with Crippen molar-refractivity contribution in [1.29, 1.82) is 0 Å². The van der Waals surface area contributed by atoms with Crippen molar-refractivity contribution in [1.82, 2.24) is 29.3 Å². The predicted molar refractivity (Wildman–Crippen MR) is 179 cm³/mol. The molecule has 2 aromatic carbocycles. The maximum atomic E-state index is 13.3. The van der Waals surface area contributed by atoms with Gasteiger partial charge in [0.2, 0.25) is 5.91 Å². The molecule has 0 radical (unpaired) electrons. The lowest BCUT2D eigenvalue weighted by Gasteiger charge is -2.35. The highest BCUT2D eigenvalue weighted by Crippen LogP contribution is 2.20. The van der Waals surface area contributed by atoms with Gasteiger partial charge in [0.15, 0.2) is 5.78 Å². The van der Waals surface area contributed by atoms with Crippen LogP contribution < -0.4 is 21.8 Å². The van der Waals surface area contributed by atoms with Crippen molar-refractivity contribution in [3.05, 3.63) is 120 Å². The Morgan fingerprint density at radius 1 is 0.872 bits per heavy atom. The van der Waals surface area contributed by atoms with Crippen molar-refractivity contribution in [3.8, 4) is 0 Å². The number of imidazole rings is 1. The van der Waals surface area contributed by atoms with Crippen LogP contribution in [-0.2, 0) is 11.3 Å². The minimum Gasteiger partial charge on any atom is -0.340 e. The van der Waals surface area contributed by atoms with Gasteiger partial charge in [-0.25, -0.2) is 9.37 Å². The van der Waals surface area contributed by atoms with Gasteiger partial charge in [0, 0.05) is 55.5 Å². The van der Waals surface area contributed by atoms with Crippen LogP contribution in [0.15, 0.2) is 64.4 Å². The standard InChI is InChI=1S/C36H41FN6O4/c1-23(2)32-29(38-22-43(32)14-6-13-41-15-17-42(18-16-41)36(47)24(3)4)21-31-35(46)39-30(34(45)40-31)20-25-7-5-8-27(19-25)33(44)26-9-11-28(37)12-10-26/h5,7-12,19-24H,6,13-18H2,1-4H3,(H,39,46)(H,40,45)/b30-20-,31-21-. The quantitative estimate of drug-likeness (QED) is 0.257. The summed E-state index contributed by atoms with van der Waals surface area (Å²) in [4.78, 5) is 65.5. The van der Waals surface area contributed by atoms with Gasteiger partial charge < -0.3 is 19.4 Å². The van der Waals surface area contributed by atoms with E-state index in [0.717, 1.165) is 51.4 Å². The summed E-state index contributed by atoms with van der Waals surface area (Å²) >= 11 is 0. The Bertz CT molecular complexity index is 1980. The summed E-state index contributed by atoms with van der Waals surface area (Å²) in [5, 5.41) is 0.135. The molecule has 1 aliphatic heterocycles. The SMILES string of the molecule is CC(C)C(=O)N1CCN(CCCn2cnc(/C=c3\[nH]c(=O)/c(=C/c4cccc(C(=O)c5ccc(F)cc5)c4)[nH]c3=O)c2C(C)C)CC1. The van der Waals surface area contributed by atoms with Crippen LogP contribution in [0.2, 0.25) is 0 Å². The van der Waals surface area contributed by atoms with Crippen LogP contribution in [-0.4, -0.2) is 73.7 Å². The topological polar surface area (TPSA) is 124 Å². The van der Waals surface area contributed by atoms with Crippen LogP contribution in [0, 0.1) is 11.7 Å². The number of hydrogen-bond donors (Lipinski definition) is 2. The normalized spacial score (nSPS) is 14.8. The summed E-state index contributed by atoms with van der Waals surface area (Å²) in [6, 6.07) is 11.9. The third-order valence-electron chi connectivity index (χ3n) is 8.34. The number of hydrogen-bond acceptors (Lipinski definition) is 6. The molecular weight excluding hydrogens is 599 g/mol. The van der Waals surface area contributed by atoms with Crippen LogP contribution in [0.5, 0.6) is 0 Å². The second kappa shape index (κ2) is 14.7. The molecule has 0 atom stereocenters. The molecule has 10 nitrogen and oxygen atoms in total. The van der Waals surface area contributed by atoms with E-state index in [4.69, 9.17) is 0 Å². The molecule has 0 unspecified atom stereocenters. The number of aromatic nitrogens is 4. The Morgan fingerprint density at radius 2 is 1.53 bits per heavy atom. The molecule has 0 aliphatic carbocycles. The number of amides is 1. The first-order valence-corrected chi connectivity index (χ1v) is 16.0. The highest BCUT2D eigenvalue weighted by Gasteiger charge is 2.22. The van der Waals surface area contributed by atoms with E-state index in [-0.39, 0.29) is 34.2 Å². The minimum absolute atomic E-state index is 0.0184. The number of rotatable bonds is 10.